The van der Waals surface area contributed by atoms with Crippen LogP contribution in [0.15, 0.2) is 48.5 Å². The van der Waals surface area contributed by atoms with Gasteiger partial charge in [-0.05, 0) is 62.2 Å². The van der Waals surface area contributed by atoms with Gasteiger partial charge in [-0.1, -0.05) is 12.1 Å². The molecule has 0 spiro atoms. The first kappa shape index (κ1) is 22.9. The van der Waals surface area contributed by atoms with Crippen LogP contribution in [0.25, 0.3) is 0 Å². The van der Waals surface area contributed by atoms with E-state index < -0.39 is 23.9 Å². The van der Waals surface area contributed by atoms with Crippen molar-refractivity contribution < 1.29 is 28.2 Å². The van der Waals surface area contributed by atoms with Gasteiger partial charge in [0, 0.05) is 12.1 Å². The molecule has 0 bridgehead atoms. The van der Waals surface area contributed by atoms with Gasteiger partial charge >= 0.3 is 5.97 Å². The Bertz CT molecular complexity index is 853. The first-order chi connectivity index (χ1) is 14.4. The third kappa shape index (κ3) is 7.54. The second-order valence-electron chi connectivity index (χ2n) is 6.44. The molecule has 2 aromatic rings. The van der Waals surface area contributed by atoms with Gasteiger partial charge in [-0.2, -0.15) is 0 Å². The Hall–Kier alpha value is -3.42. The molecule has 1 unspecified atom stereocenters. The Kier molecular flexibility index (Phi) is 8.80. The molecule has 2 rings (SSSR count). The molecule has 30 heavy (non-hydrogen) atoms. The maximum atomic E-state index is 12.9. The van der Waals surface area contributed by atoms with Crippen molar-refractivity contribution in [1.29, 1.82) is 0 Å². The number of esters is 1. The molecule has 2 amide bonds. The fourth-order valence-electron chi connectivity index (χ4n) is 2.54. The zero-order chi connectivity index (χ0) is 21.9. The number of benzene rings is 2. The summed E-state index contributed by atoms with van der Waals surface area (Å²) >= 11 is 0. The molecule has 0 aliphatic carbocycles. The highest BCUT2D eigenvalue weighted by atomic mass is 19.1. The van der Waals surface area contributed by atoms with Gasteiger partial charge in [0.25, 0.3) is 11.8 Å². The summed E-state index contributed by atoms with van der Waals surface area (Å²) in [5.74, 6) is -1.30. The summed E-state index contributed by atoms with van der Waals surface area (Å²) in [6.07, 6.45) is -0.488. The molecule has 160 valence electrons. The summed E-state index contributed by atoms with van der Waals surface area (Å²) in [6.45, 7) is 3.79. The highest BCUT2D eigenvalue weighted by Crippen LogP contribution is 2.11. The number of ether oxygens (including phenoxy) is 2. The smallest absolute Gasteiger partial charge is 0.326 e. The molecule has 0 saturated heterocycles. The number of rotatable bonds is 10. The third-order valence-corrected chi connectivity index (χ3v) is 4.12. The van der Waals surface area contributed by atoms with Crippen LogP contribution in [0, 0.1) is 5.82 Å². The van der Waals surface area contributed by atoms with Crippen LogP contribution in [0.5, 0.6) is 5.75 Å². The zero-order valence-corrected chi connectivity index (χ0v) is 16.9. The topological polar surface area (TPSA) is 93.7 Å². The summed E-state index contributed by atoms with van der Waals surface area (Å²) in [6, 6.07) is 12.5. The number of halogens is 1. The minimum Gasteiger partial charge on any atom is -0.494 e. The van der Waals surface area contributed by atoms with Crippen LogP contribution in [0.3, 0.4) is 0 Å². The van der Waals surface area contributed by atoms with Gasteiger partial charge in [0.2, 0.25) is 0 Å². The lowest BCUT2D eigenvalue weighted by Crippen LogP contribution is -2.39. The minimum absolute atomic E-state index is 0.320. The average Bonchev–Trinajstić information content (AvgIpc) is 2.74. The quantitative estimate of drug-likeness (QED) is 0.580. The van der Waals surface area contributed by atoms with Gasteiger partial charge in [0.15, 0.2) is 6.10 Å². The number of carbonyl (C=O) groups excluding carboxylic acids is 3. The lowest BCUT2D eigenvalue weighted by Gasteiger charge is -2.14. The maximum Gasteiger partial charge on any atom is 0.326 e. The van der Waals surface area contributed by atoms with Crippen molar-refractivity contribution in [2.24, 2.45) is 0 Å². The monoisotopic (exact) mass is 416 g/mol. The Balaban J connectivity index is 1.69. The fraction of sp³-hybridized carbons (Fsp3) is 0.318. The molecule has 0 aliphatic heterocycles. The van der Waals surface area contributed by atoms with E-state index in [1.54, 1.807) is 36.4 Å². The Morgan fingerprint density at radius 3 is 2.30 bits per heavy atom. The first-order valence-electron chi connectivity index (χ1n) is 9.61. The molecule has 0 aliphatic rings. The highest BCUT2D eigenvalue weighted by Gasteiger charge is 2.18. The SMILES string of the molecule is CCOc1ccc(C(=O)NCC(=O)OC(C)C(=O)NCCc2ccc(F)cc2)cc1. The lowest BCUT2D eigenvalue weighted by molar-refractivity contribution is -0.153. The summed E-state index contributed by atoms with van der Waals surface area (Å²) in [5.41, 5.74) is 1.25. The largest absolute Gasteiger partial charge is 0.494 e. The van der Waals surface area contributed by atoms with E-state index in [0.717, 1.165) is 5.56 Å². The number of hydrogen-bond acceptors (Lipinski definition) is 5. The molecule has 8 heteroatoms. The van der Waals surface area contributed by atoms with Crippen molar-refractivity contribution in [2.45, 2.75) is 26.4 Å². The average molecular weight is 416 g/mol. The van der Waals surface area contributed by atoms with Gasteiger partial charge in [-0.3, -0.25) is 14.4 Å². The number of amides is 2. The van der Waals surface area contributed by atoms with Crippen LogP contribution in [0.2, 0.25) is 0 Å². The van der Waals surface area contributed by atoms with Gasteiger partial charge in [-0.25, -0.2) is 4.39 Å². The molecule has 0 radical (unpaired) electrons. The zero-order valence-electron chi connectivity index (χ0n) is 16.9. The third-order valence-electron chi connectivity index (χ3n) is 4.12. The van der Waals surface area contributed by atoms with E-state index >= 15 is 0 Å². The summed E-state index contributed by atoms with van der Waals surface area (Å²) in [5, 5.41) is 5.10. The lowest BCUT2D eigenvalue weighted by atomic mass is 10.1. The van der Waals surface area contributed by atoms with E-state index in [1.807, 2.05) is 6.92 Å². The molecular weight excluding hydrogens is 391 g/mol. The molecular formula is C22H25FN2O5. The van der Waals surface area contributed by atoms with Crippen molar-refractivity contribution in [3.8, 4) is 5.75 Å². The Morgan fingerprint density at radius 2 is 1.67 bits per heavy atom. The fourth-order valence-corrected chi connectivity index (χ4v) is 2.54. The van der Waals surface area contributed by atoms with Crippen molar-refractivity contribution in [3.05, 3.63) is 65.5 Å². The van der Waals surface area contributed by atoms with E-state index in [2.05, 4.69) is 10.6 Å². The molecule has 0 saturated carbocycles. The van der Waals surface area contributed by atoms with E-state index in [-0.39, 0.29) is 12.4 Å². The van der Waals surface area contributed by atoms with E-state index in [1.165, 1.54) is 19.1 Å². The number of carbonyl (C=O) groups is 3. The second kappa shape index (κ2) is 11.5. The number of hydrogen-bond donors (Lipinski definition) is 2. The molecule has 0 fully saturated rings. The van der Waals surface area contributed by atoms with Gasteiger partial charge < -0.3 is 20.1 Å². The molecule has 1 atom stereocenters. The summed E-state index contributed by atoms with van der Waals surface area (Å²) in [7, 11) is 0. The number of nitrogens with one attached hydrogen (secondary N) is 2. The van der Waals surface area contributed by atoms with Gasteiger partial charge in [0.05, 0.1) is 6.61 Å². The van der Waals surface area contributed by atoms with Crippen LogP contribution in [-0.4, -0.2) is 43.6 Å². The maximum absolute atomic E-state index is 12.9. The van der Waals surface area contributed by atoms with Crippen molar-refractivity contribution >= 4 is 17.8 Å². The standard InChI is InChI=1S/C22H25FN2O5/c1-3-29-19-10-6-17(7-11-19)22(28)25-14-20(26)30-15(2)21(27)24-13-12-16-4-8-18(23)9-5-16/h4-11,15H,3,12-14H2,1-2H3,(H,24,27)(H,25,28). The van der Waals surface area contributed by atoms with E-state index in [9.17, 15) is 18.8 Å². The van der Waals surface area contributed by atoms with E-state index in [0.29, 0.717) is 30.9 Å². The van der Waals surface area contributed by atoms with Crippen molar-refractivity contribution in [1.82, 2.24) is 10.6 Å². The molecule has 0 aromatic heterocycles. The minimum atomic E-state index is -1.01. The summed E-state index contributed by atoms with van der Waals surface area (Å²) in [4.78, 5) is 36.0. The molecule has 7 nitrogen and oxygen atoms in total. The van der Waals surface area contributed by atoms with Crippen molar-refractivity contribution in [3.63, 3.8) is 0 Å². The molecule has 2 aromatic carbocycles. The van der Waals surface area contributed by atoms with Crippen LogP contribution >= 0.6 is 0 Å². The van der Waals surface area contributed by atoms with Crippen LogP contribution in [0.4, 0.5) is 4.39 Å². The van der Waals surface area contributed by atoms with E-state index in [4.69, 9.17) is 9.47 Å². The highest BCUT2D eigenvalue weighted by molar-refractivity contribution is 5.96. The van der Waals surface area contributed by atoms with Crippen LogP contribution < -0.4 is 15.4 Å². The Morgan fingerprint density at radius 1 is 1.00 bits per heavy atom. The first-order valence-corrected chi connectivity index (χ1v) is 9.61. The molecule has 0 heterocycles. The predicted molar refractivity (Wildman–Crippen MR) is 109 cm³/mol. The van der Waals surface area contributed by atoms with Gasteiger partial charge in [-0.15, -0.1) is 0 Å². The molecule has 2 N–H and O–H groups in total. The second-order valence-corrected chi connectivity index (χ2v) is 6.44. The van der Waals surface area contributed by atoms with Crippen LogP contribution in [-0.2, 0) is 20.7 Å². The summed E-state index contributed by atoms with van der Waals surface area (Å²) < 4.78 is 23.2. The van der Waals surface area contributed by atoms with Crippen molar-refractivity contribution in [2.75, 3.05) is 19.7 Å². The van der Waals surface area contributed by atoms with Gasteiger partial charge in [0.1, 0.15) is 18.1 Å². The predicted octanol–water partition coefficient (Wildman–Crippen LogP) is 2.24. The van der Waals surface area contributed by atoms with Crippen LogP contribution in [0.1, 0.15) is 29.8 Å². The normalized spacial score (nSPS) is 11.3. The Labute approximate surface area is 174 Å².